The summed E-state index contributed by atoms with van der Waals surface area (Å²) in [6, 6.07) is 5.30. The van der Waals surface area contributed by atoms with Crippen molar-refractivity contribution in [2.24, 2.45) is 0 Å². The molecule has 0 unspecified atom stereocenters. The number of ether oxygens (including phenoxy) is 2. The fourth-order valence-corrected chi connectivity index (χ4v) is 2.71. The van der Waals surface area contributed by atoms with Crippen molar-refractivity contribution in [2.75, 3.05) is 20.0 Å². The maximum absolute atomic E-state index is 12.1. The third-order valence-electron chi connectivity index (χ3n) is 3.49. The van der Waals surface area contributed by atoms with Crippen molar-refractivity contribution in [3.63, 3.8) is 0 Å². The van der Waals surface area contributed by atoms with E-state index in [1.54, 1.807) is 12.1 Å². The van der Waals surface area contributed by atoms with Crippen molar-refractivity contribution in [3.05, 3.63) is 44.3 Å². The van der Waals surface area contributed by atoms with Crippen molar-refractivity contribution >= 4 is 40.2 Å². The molecule has 2 aromatic rings. The van der Waals surface area contributed by atoms with Gasteiger partial charge >= 0.3 is 11.9 Å². The van der Waals surface area contributed by atoms with Crippen LogP contribution in [0.4, 0.5) is 5.69 Å². The SMILES string of the molecule is COC(=O)c1cc(I)c(C)cc1-n1cc(C#N)c(N)c1C(=O)OC. The molecule has 2 rings (SSSR count). The molecule has 0 aliphatic rings. The van der Waals surface area contributed by atoms with Gasteiger partial charge in [0.15, 0.2) is 5.69 Å². The number of nitrogens with two attached hydrogens (primary N) is 1. The molecule has 124 valence electrons. The number of anilines is 1. The largest absolute Gasteiger partial charge is 0.465 e. The molecule has 0 bridgehead atoms. The second-order valence-electron chi connectivity index (χ2n) is 4.89. The van der Waals surface area contributed by atoms with Gasteiger partial charge in [-0.05, 0) is 47.2 Å². The van der Waals surface area contributed by atoms with Crippen LogP contribution in [-0.2, 0) is 9.47 Å². The summed E-state index contributed by atoms with van der Waals surface area (Å²) < 4.78 is 11.8. The molecule has 24 heavy (non-hydrogen) atoms. The van der Waals surface area contributed by atoms with E-state index in [4.69, 9.17) is 15.2 Å². The zero-order valence-electron chi connectivity index (χ0n) is 13.2. The summed E-state index contributed by atoms with van der Waals surface area (Å²) >= 11 is 2.10. The standard InChI is InChI=1S/C16H14IN3O4/c1-8-4-12(10(5-11(8)17)15(21)23-2)20-7-9(6-18)13(19)14(20)16(22)24-3/h4-5,7H,19H2,1-3H3. The minimum Gasteiger partial charge on any atom is -0.465 e. The van der Waals surface area contributed by atoms with Gasteiger partial charge in [0.25, 0.3) is 0 Å². The minimum absolute atomic E-state index is 0.00336. The first-order valence-corrected chi connectivity index (χ1v) is 7.81. The number of hydrogen-bond acceptors (Lipinski definition) is 6. The van der Waals surface area contributed by atoms with Crippen LogP contribution in [0, 0.1) is 21.8 Å². The van der Waals surface area contributed by atoms with Crippen LogP contribution in [0.15, 0.2) is 18.3 Å². The Balaban J connectivity index is 2.86. The van der Waals surface area contributed by atoms with Crippen LogP contribution in [0.2, 0.25) is 0 Å². The van der Waals surface area contributed by atoms with Crippen molar-refractivity contribution in [3.8, 4) is 11.8 Å². The van der Waals surface area contributed by atoms with E-state index in [0.717, 1.165) is 9.13 Å². The van der Waals surface area contributed by atoms with E-state index in [-0.39, 0.29) is 22.5 Å². The Labute approximate surface area is 152 Å². The number of aryl methyl sites for hydroxylation is 1. The lowest BCUT2D eigenvalue weighted by Crippen LogP contribution is -2.15. The number of carbonyl (C=O) groups excluding carboxylic acids is 2. The Bertz CT molecular complexity index is 880. The number of halogens is 1. The Morgan fingerprint density at radius 3 is 2.42 bits per heavy atom. The molecular formula is C16H14IN3O4. The number of hydrogen-bond donors (Lipinski definition) is 1. The van der Waals surface area contributed by atoms with E-state index in [0.29, 0.717) is 5.69 Å². The van der Waals surface area contributed by atoms with Gasteiger partial charge in [0, 0.05) is 9.77 Å². The van der Waals surface area contributed by atoms with E-state index in [9.17, 15) is 14.9 Å². The van der Waals surface area contributed by atoms with Crippen molar-refractivity contribution < 1.29 is 19.1 Å². The molecule has 0 saturated heterocycles. The third kappa shape index (κ3) is 2.94. The van der Waals surface area contributed by atoms with Gasteiger partial charge in [0.05, 0.1) is 36.7 Å². The summed E-state index contributed by atoms with van der Waals surface area (Å²) in [5.41, 5.74) is 7.51. The van der Waals surface area contributed by atoms with Crippen LogP contribution in [0.1, 0.15) is 32.0 Å². The molecule has 0 amide bonds. The molecule has 8 heteroatoms. The fraction of sp³-hybridized carbons (Fsp3) is 0.188. The van der Waals surface area contributed by atoms with Crippen molar-refractivity contribution in [1.29, 1.82) is 5.26 Å². The maximum Gasteiger partial charge on any atom is 0.357 e. The van der Waals surface area contributed by atoms with E-state index in [1.807, 2.05) is 13.0 Å². The lowest BCUT2D eigenvalue weighted by molar-refractivity contribution is 0.0582. The number of aromatic nitrogens is 1. The molecule has 1 heterocycles. The van der Waals surface area contributed by atoms with Crippen molar-refractivity contribution in [1.82, 2.24) is 4.57 Å². The molecule has 0 atom stereocenters. The summed E-state index contributed by atoms with van der Waals surface area (Å²) in [6.45, 7) is 1.86. The average Bonchev–Trinajstić information content (AvgIpc) is 2.91. The van der Waals surface area contributed by atoms with E-state index in [2.05, 4.69) is 22.6 Å². The van der Waals surface area contributed by atoms with Crippen LogP contribution in [0.25, 0.3) is 5.69 Å². The Kier molecular flexibility index (Phi) is 5.14. The second-order valence-corrected chi connectivity index (χ2v) is 6.05. The summed E-state index contributed by atoms with van der Waals surface area (Å²) in [4.78, 5) is 24.2. The molecule has 0 saturated carbocycles. The first kappa shape index (κ1) is 17.8. The fourth-order valence-electron chi connectivity index (χ4n) is 2.24. The van der Waals surface area contributed by atoms with Crippen LogP contribution in [0.5, 0.6) is 0 Å². The maximum atomic E-state index is 12.1. The van der Waals surface area contributed by atoms with Gasteiger partial charge in [0.2, 0.25) is 0 Å². The number of nitriles is 1. The number of carbonyl (C=O) groups is 2. The normalized spacial score (nSPS) is 10.1. The number of rotatable bonds is 3. The zero-order valence-corrected chi connectivity index (χ0v) is 15.4. The van der Waals surface area contributed by atoms with Gasteiger partial charge < -0.3 is 19.8 Å². The van der Waals surface area contributed by atoms with Gasteiger partial charge in [-0.2, -0.15) is 5.26 Å². The number of esters is 2. The van der Waals surface area contributed by atoms with Crippen LogP contribution in [-0.4, -0.2) is 30.7 Å². The number of methoxy groups -OCH3 is 2. The molecule has 0 fully saturated rings. The highest BCUT2D eigenvalue weighted by Gasteiger charge is 2.25. The topological polar surface area (TPSA) is 107 Å². The quantitative estimate of drug-likeness (QED) is 0.582. The molecule has 1 aromatic carbocycles. The first-order chi connectivity index (χ1) is 11.3. The highest BCUT2D eigenvalue weighted by molar-refractivity contribution is 14.1. The summed E-state index contributed by atoms with van der Waals surface area (Å²) in [7, 11) is 2.48. The van der Waals surface area contributed by atoms with Gasteiger partial charge in [-0.1, -0.05) is 0 Å². The average molecular weight is 439 g/mol. The second kappa shape index (κ2) is 6.92. The Morgan fingerprint density at radius 1 is 1.25 bits per heavy atom. The van der Waals surface area contributed by atoms with E-state index in [1.165, 1.54) is 25.0 Å². The third-order valence-corrected chi connectivity index (χ3v) is 4.65. The van der Waals surface area contributed by atoms with Gasteiger partial charge in [-0.15, -0.1) is 0 Å². The molecule has 7 nitrogen and oxygen atoms in total. The number of nitrogen functional groups attached to an aromatic ring is 1. The van der Waals surface area contributed by atoms with E-state index >= 15 is 0 Å². The smallest absolute Gasteiger partial charge is 0.357 e. The van der Waals surface area contributed by atoms with Gasteiger partial charge in [-0.3, -0.25) is 0 Å². The number of benzene rings is 1. The lowest BCUT2D eigenvalue weighted by atomic mass is 10.1. The predicted octanol–water partition coefficient (Wildman–Crippen LogP) is 2.42. The molecule has 0 aliphatic heterocycles. The van der Waals surface area contributed by atoms with Crippen molar-refractivity contribution in [2.45, 2.75) is 6.92 Å². The van der Waals surface area contributed by atoms with Crippen LogP contribution >= 0.6 is 22.6 Å². The predicted molar refractivity (Wildman–Crippen MR) is 95.0 cm³/mol. The highest BCUT2D eigenvalue weighted by Crippen LogP contribution is 2.29. The minimum atomic E-state index is -0.707. The monoisotopic (exact) mass is 439 g/mol. The highest BCUT2D eigenvalue weighted by atomic mass is 127. The molecular weight excluding hydrogens is 425 g/mol. The summed E-state index contributed by atoms with van der Waals surface area (Å²) in [6.07, 6.45) is 1.40. The Hall–Kier alpha value is -2.54. The Morgan fingerprint density at radius 2 is 1.88 bits per heavy atom. The summed E-state index contributed by atoms with van der Waals surface area (Å²) in [5, 5.41) is 9.19. The zero-order chi connectivity index (χ0) is 18.0. The molecule has 0 radical (unpaired) electrons. The molecule has 0 spiro atoms. The lowest BCUT2D eigenvalue weighted by Gasteiger charge is -2.14. The summed E-state index contributed by atoms with van der Waals surface area (Å²) in [5.74, 6) is -1.27. The molecule has 0 aliphatic carbocycles. The van der Waals surface area contributed by atoms with Crippen LogP contribution in [0.3, 0.4) is 0 Å². The number of nitrogens with zero attached hydrogens (tertiary/aromatic N) is 2. The molecule has 1 aromatic heterocycles. The first-order valence-electron chi connectivity index (χ1n) is 6.73. The molecule has 2 N–H and O–H groups in total. The van der Waals surface area contributed by atoms with Crippen LogP contribution < -0.4 is 5.73 Å². The van der Waals surface area contributed by atoms with Gasteiger partial charge in [-0.25, -0.2) is 9.59 Å². The van der Waals surface area contributed by atoms with E-state index < -0.39 is 11.9 Å². The van der Waals surface area contributed by atoms with Gasteiger partial charge in [0.1, 0.15) is 6.07 Å².